The predicted octanol–water partition coefficient (Wildman–Crippen LogP) is 0.435. The molecule has 0 spiro atoms. The molecule has 12 heteroatoms. The highest BCUT2D eigenvalue weighted by Crippen LogP contribution is 2.31. The van der Waals surface area contributed by atoms with Crippen molar-refractivity contribution < 1.29 is 46.1 Å². The third-order valence-corrected chi connectivity index (χ3v) is 5.65. The van der Waals surface area contributed by atoms with Crippen molar-refractivity contribution in [3.05, 3.63) is 0 Å². The van der Waals surface area contributed by atoms with Crippen molar-refractivity contribution in [1.82, 2.24) is 4.72 Å². The molecule has 0 saturated heterocycles. The van der Waals surface area contributed by atoms with Gasteiger partial charge in [-0.25, -0.2) is 4.72 Å². The normalized spacial score (nSPS) is 21.9. The summed E-state index contributed by atoms with van der Waals surface area (Å²) in [6.45, 7) is 0.383. The molecule has 152 valence electrons. The summed E-state index contributed by atoms with van der Waals surface area (Å²) in [7, 11) is -5.75. The molecule has 0 bridgehead atoms. The number of carbonyl (C=O) groups excluding carboxylic acids is 2. The van der Waals surface area contributed by atoms with Crippen LogP contribution in [0.15, 0.2) is 0 Å². The van der Waals surface area contributed by atoms with Crippen molar-refractivity contribution in [3.8, 4) is 0 Å². The number of amides is 1. The lowest BCUT2D eigenvalue weighted by molar-refractivity contribution is -0.169. The van der Waals surface area contributed by atoms with Gasteiger partial charge in [0.2, 0.25) is 5.91 Å². The van der Waals surface area contributed by atoms with Gasteiger partial charge >= 0.3 is 21.5 Å². The van der Waals surface area contributed by atoms with Gasteiger partial charge in [-0.15, -0.1) is 0 Å². The summed E-state index contributed by atoms with van der Waals surface area (Å²) >= 11 is 0. The van der Waals surface area contributed by atoms with E-state index in [0.717, 1.165) is 4.72 Å². The SMILES string of the molecule is CCC(CO)(CO)C(=O)OC1CCC(C(=O)NS(=O)(=O)C(F)(F)F)CC1. The molecule has 26 heavy (non-hydrogen) atoms. The van der Waals surface area contributed by atoms with Crippen molar-refractivity contribution in [1.29, 1.82) is 0 Å². The topological polar surface area (TPSA) is 130 Å². The molecular weight excluding hydrogens is 383 g/mol. The highest BCUT2D eigenvalue weighted by atomic mass is 32.2. The van der Waals surface area contributed by atoms with E-state index in [1.54, 1.807) is 6.92 Å². The summed E-state index contributed by atoms with van der Waals surface area (Å²) in [5.74, 6) is -2.99. The standard InChI is InChI=1S/C14H22F3NO7S/c1-2-13(7-19,8-20)12(22)25-10-5-3-9(4-6-10)11(21)18-26(23,24)14(15,16)17/h9-10,19-20H,2-8H2,1H3,(H,18,21). The summed E-state index contributed by atoms with van der Waals surface area (Å²) in [6.07, 6.45) is -0.122. The minimum atomic E-state index is -5.75. The molecule has 1 aliphatic carbocycles. The molecular formula is C14H22F3NO7S. The molecule has 1 amide bonds. The van der Waals surface area contributed by atoms with E-state index in [-0.39, 0.29) is 32.1 Å². The van der Waals surface area contributed by atoms with E-state index in [1.807, 2.05) is 0 Å². The minimum absolute atomic E-state index is 0.0362. The second-order valence-corrected chi connectivity index (χ2v) is 7.92. The maximum atomic E-state index is 12.3. The number of rotatable bonds is 7. The van der Waals surface area contributed by atoms with E-state index in [0.29, 0.717) is 0 Å². The molecule has 0 aromatic rings. The molecule has 1 rings (SSSR count). The largest absolute Gasteiger partial charge is 0.516 e. The molecule has 0 atom stereocenters. The molecule has 0 unspecified atom stereocenters. The van der Waals surface area contributed by atoms with E-state index in [1.165, 1.54) is 0 Å². The fraction of sp³-hybridized carbons (Fsp3) is 0.857. The van der Waals surface area contributed by atoms with E-state index >= 15 is 0 Å². The van der Waals surface area contributed by atoms with Gasteiger partial charge in [0.15, 0.2) is 0 Å². The van der Waals surface area contributed by atoms with Crippen LogP contribution in [0.25, 0.3) is 0 Å². The first-order valence-electron chi connectivity index (χ1n) is 7.98. The second-order valence-electron chi connectivity index (χ2n) is 6.24. The van der Waals surface area contributed by atoms with E-state index in [2.05, 4.69) is 0 Å². The first-order chi connectivity index (χ1) is 11.9. The minimum Gasteiger partial charge on any atom is -0.462 e. The smallest absolute Gasteiger partial charge is 0.462 e. The Morgan fingerprint density at radius 3 is 2.00 bits per heavy atom. The monoisotopic (exact) mass is 405 g/mol. The van der Waals surface area contributed by atoms with Gasteiger partial charge in [0.05, 0.1) is 13.2 Å². The molecule has 1 fully saturated rings. The zero-order valence-electron chi connectivity index (χ0n) is 14.1. The fourth-order valence-electron chi connectivity index (χ4n) is 2.54. The lowest BCUT2D eigenvalue weighted by Gasteiger charge is -2.32. The molecule has 0 radical (unpaired) electrons. The lowest BCUT2D eigenvalue weighted by atomic mass is 9.85. The lowest BCUT2D eigenvalue weighted by Crippen LogP contribution is -2.45. The summed E-state index contributed by atoms with van der Waals surface area (Å²) < 4.78 is 65.0. The fourth-order valence-corrected chi connectivity index (χ4v) is 3.09. The van der Waals surface area contributed by atoms with Crippen LogP contribution in [0.1, 0.15) is 39.0 Å². The zero-order chi connectivity index (χ0) is 20.2. The maximum Gasteiger partial charge on any atom is 0.516 e. The number of ether oxygens (including phenoxy) is 1. The van der Waals surface area contributed by atoms with Crippen LogP contribution in [-0.4, -0.2) is 55.3 Å². The average Bonchev–Trinajstić information content (AvgIpc) is 2.56. The number of hydrogen-bond donors (Lipinski definition) is 3. The van der Waals surface area contributed by atoms with Gasteiger partial charge in [-0.05, 0) is 32.1 Å². The van der Waals surface area contributed by atoms with Gasteiger partial charge in [0, 0.05) is 5.92 Å². The van der Waals surface area contributed by atoms with Crippen LogP contribution in [0.4, 0.5) is 13.2 Å². The molecule has 1 aliphatic rings. The Bertz CT molecular complexity index is 600. The van der Waals surface area contributed by atoms with Crippen molar-refractivity contribution in [2.45, 2.75) is 50.6 Å². The number of sulfonamides is 1. The number of nitrogens with one attached hydrogen (secondary N) is 1. The molecule has 8 nitrogen and oxygen atoms in total. The molecule has 0 heterocycles. The van der Waals surface area contributed by atoms with Crippen LogP contribution in [0.3, 0.4) is 0 Å². The summed E-state index contributed by atoms with van der Waals surface area (Å²) in [5.41, 5.74) is -7.01. The van der Waals surface area contributed by atoms with Crippen LogP contribution in [-0.2, 0) is 24.3 Å². The van der Waals surface area contributed by atoms with Crippen molar-refractivity contribution >= 4 is 21.9 Å². The predicted molar refractivity (Wildman–Crippen MR) is 81.9 cm³/mol. The second kappa shape index (κ2) is 8.53. The third-order valence-electron chi connectivity index (χ3n) is 4.57. The molecule has 1 saturated carbocycles. The van der Waals surface area contributed by atoms with Gasteiger partial charge in [-0.1, -0.05) is 6.92 Å². The zero-order valence-corrected chi connectivity index (χ0v) is 14.9. The first kappa shape index (κ1) is 22.6. The van der Waals surface area contributed by atoms with Crippen LogP contribution < -0.4 is 4.72 Å². The molecule has 3 N–H and O–H groups in total. The number of aliphatic hydroxyl groups is 2. The van der Waals surface area contributed by atoms with Crippen molar-refractivity contribution in [2.75, 3.05) is 13.2 Å². The Morgan fingerprint density at radius 1 is 1.12 bits per heavy atom. The molecule has 0 aromatic heterocycles. The quantitative estimate of drug-likeness (QED) is 0.524. The Labute approximate surface area is 148 Å². The van der Waals surface area contributed by atoms with Gasteiger partial charge in [0.1, 0.15) is 11.5 Å². The third kappa shape index (κ3) is 5.07. The molecule has 0 aliphatic heterocycles. The molecule has 0 aromatic carbocycles. The average molecular weight is 405 g/mol. The van der Waals surface area contributed by atoms with Crippen LogP contribution >= 0.6 is 0 Å². The van der Waals surface area contributed by atoms with Crippen LogP contribution in [0.5, 0.6) is 0 Å². The van der Waals surface area contributed by atoms with Gasteiger partial charge < -0.3 is 14.9 Å². The van der Waals surface area contributed by atoms with Gasteiger partial charge in [-0.3, -0.25) is 9.59 Å². The number of aliphatic hydroxyl groups excluding tert-OH is 2. The Balaban J connectivity index is 2.60. The highest BCUT2D eigenvalue weighted by Gasteiger charge is 2.48. The van der Waals surface area contributed by atoms with E-state index in [4.69, 9.17) is 4.74 Å². The summed E-state index contributed by atoms with van der Waals surface area (Å²) in [6, 6.07) is 0. The van der Waals surface area contributed by atoms with Crippen LogP contribution in [0, 0.1) is 11.3 Å². The number of carbonyl (C=O) groups is 2. The number of esters is 1. The first-order valence-corrected chi connectivity index (χ1v) is 9.46. The van der Waals surface area contributed by atoms with Gasteiger partial charge in [0.25, 0.3) is 0 Å². The Hall–Kier alpha value is -1.40. The Kier molecular flexibility index (Phi) is 7.42. The number of halogens is 3. The summed E-state index contributed by atoms with van der Waals surface area (Å²) in [4.78, 5) is 23.8. The Morgan fingerprint density at radius 2 is 1.62 bits per heavy atom. The van der Waals surface area contributed by atoms with E-state index in [9.17, 15) is 41.4 Å². The number of alkyl halides is 3. The van der Waals surface area contributed by atoms with Gasteiger partial charge in [-0.2, -0.15) is 21.6 Å². The highest BCUT2D eigenvalue weighted by molar-refractivity contribution is 7.90. The number of hydrogen-bond acceptors (Lipinski definition) is 7. The van der Waals surface area contributed by atoms with Crippen molar-refractivity contribution in [2.24, 2.45) is 11.3 Å². The van der Waals surface area contributed by atoms with Crippen LogP contribution in [0.2, 0.25) is 0 Å². The maximum absolute atomic E-state index is 12.3. The van der Waals surface area contributed by atoms with Crippen molar-refractivity contribution in [3.63, 3.8) is 0 Å². The summed E-state index contributed by atoms with van der Waals surface area (Å²) in [5, 5.41) is 18.6. The van der Waals surface area contributed by atoms with E-state index < -0.39 is 58.1 Å².